The lowest BCUT2D eigenvalue weighted by Crippen LogP contribution is -2.28. The van der Waals surface area contributed by atoms with Crippen LogP contribution in [0.4, 0.5) is 4.39 Å². The van der Waals surface area contributed by atoms with E-state index in [9.17, 15) is 9.18 Å². The molecule has 1 aliphatic heterocycles. The molecule has 3 rings (SSSR count). The first-order valence-corrected chi connectivity index (χ1v) is 7.20. The summed E-state index contributed by atoms with van der Waals surface area (Å²) in [4.78, 5) is 11.0. The van der Waals surface area contributed by atoms with Crippen molar-refractivity contribution in [3.05, 3.63) is 70.5 Å². The molecule has 0 saturated heterocycles. The number of aliphatic carboxylic acids is 1. The van der Waals surface area contributed by atoms with E-state index in [1.165, 1.54) is 12.1 Å². The summed E-state index contributed by atoms with van der Waals surface area (Å²) in [6.45, 7) is 0.294. The van der Waals surface area contributed by atoms with E-state index in [1.807, 2.05) is 0 Å². The molecule has 116 valence electrons. The van der Waals surface area contributed by atoms with Crippen molar-refractivity contribution >= 4 is 5.97 Å². The maximum absolute atomic E-state index is 13.2. The smallest absolute Gasteiger partial charge is 0.303 e. The second-order valence-electron chi connectivity index (χ2n) is 5.50. The van der Waals surface area contributed by atoms with Gasteiger partial charge in [0.2, 0.25) is 0 Å². The second-order valence-corrected chi connectivity index (χ2v) is 5.50. The van der Waals surface area contributed by atoms with Gasteiger partial charge in [-0.15, -0.1) is 0 Å². The van der Waals surface area contributed by atoms with E-state index >= 15 is 0 Å². The van der Waals surface area contributed by atoms with Crippen LogP contribution in [0.5, 0.6) is 0 Å². The normalized spacial score (nSPS) is 19.1. The summed E-state index contributed by atoms with van der Waals surface area (Å²) in [5, 5.41) is 18.1. The molecule has 1 N–H and O–H groups in total. The number of nitrogens with zero attached hydrogens (tertiary/aromatic N) is 1. The molecule has 5 heteroatoms. The zero-order chi connectivity index (χ0) is 16.4. The molecule has 0 bridgehead atoms. The van der Waals surface area contributed by atoms with E-state index in [0.29, 0.717) is 17.7 Å². The highest BCUT2D eigenvalue weighted by molar-refractivity contribution is 5.67. The van der Waals surface area contributed by atoms with Gasteiger partial charge in [-0.25, -0.2) is 4.39 Å². The molecular formula is C18H14FNO3. The van der Waals surface area contributed by atoms with Gasteiger partial charge in [-0.1, -0.05) is 18.2 Å². The minimum Gasteiger partial charge on any atom is -0.481 e. The maximum Gasteiger partial charge on any atom is 0.303 e. The lowest BCUT2D eigenvalue weighted by Gasteiger charge is -2.30. The Morgan fingerprint density at radius 2 is 2.04 bits per heavy atom. The third kappa shape index (κ3) is 2.69. The summed E-state index contributed by atoms with van der Waals surface area (Å²) < 4.78 is 19.2. The van der Waals surface area contributed by atoms with Crippen molar-refractivity contribution in [2.24, 2.45) is 0 Å². The lowest BCUT2D eigenvalue weighted by molar-refractivity contribution is -0.138. The first-order valence-electron chi connectivity index (χ1n) is 7.20. The molecule has 1 atom stereocenters. The number of fused-ring (bicyclic) bond motifs is 1. The lowest BCUT2D eigenvalue weighted by atomic mass is 9.81. The van der Waals surface area contributed by atoms with E-state index in [-0.39, 0.29) is 18.7 Å². The fourth-order valence-electron chi connectivity index (χ4n) is 3.05. The fraction of sp³-hybridized carbons (Fsp3) is 0.222. The third-order valence-electron chi connectivity index (χ3n) is 4.14. The van der Waals surface area contributed by atoms with Gasteiger partial charge in [-0.05, 0) is 47.4 Å². The quantitative estimate of drug-likeness (QED) is 0.940. The minimum absolute atomic E-state index is 0.0726. The van der Waals surface area contributed by atoms with Crippen LogP contribution in [-0.4, -0.2) is 11.1 Å². The van der Waals surface area contributed by atoms with Crippen molar-refractivity contribution in [3.8, 4) is 6.07 Å². The van der Waals surface area contributed by atoms with Gasteiger partial charge in [-0.2, -0.15) is 5.26 Å². The van der Waals surface area contributed by atoms with Crippen LogP contribution in [0.25, 0.3) is 0 Å². The monoisotopic (exact) mass is 311 g/mol. The molecule has 0 aliphatic carbocycles. The summed E-state index contributed by atoms with van der Waals surface area (Å²) in [5.74, 6) is -1.28. The van der Waals surface area contributed by atoms with Crippen LogP contribution in [0.15, 0.2) is 42.5 Å². The van der Waals surface area contributed by atoms with Crippen LogP contribution < -0.4 is 0 Å². The molecule has 23 heavy (non-hydrogen) atoms. The molecule has 0 aromatic heterocycles. The van der Waals surface area contributed by atoms with Crippen molar-refractivity contribution in [2.45, 2.75) is 25.0 Å². The summed E-state index contributed by atoms with van der Waals surface area (Å²) in [5.41, 5.74) is 2.02. The van der Waals surface area contributed by atoms with Crippen molar-refractivity contribution < 1.29 is 19.0 Å². The van der Waals surface area contributed by atoms with E-state index in [4.69, 9.17) is 15.1 Å². The highest BCUT2D eigenvalue weighted by Gasteiger charge is 2.42. The van der Waals surface area contributed by atoms with Crippen LogP contribution in [0.3, 0.4) is 0 Å². The summed E-state index contributed by atoms with van der Waals surface area (Å²) in [6, 6.07) is 13.2. The Labute approximate surface area is 132 Å². The molecule has 0 saturated carbocycles. The van der Waals surface area contributed by atoms with Crippen molar-refractivity contribution in [3.63, 3.8) is 0 Å². The van der Waals surface area contributed by atoms with Crippen LogP contribution in [0, 0.1) is 17.1 Å². The SMILES string of the molecule is N#Cc1ccc2c(c1)COC2(CCC(=O)O)c1ccc(F)cc1. The number of nitriles is 1. The number of carbonyl (C=O) groups is 1. The number of benzene rings is 2. The van der Waals surface area contributed by atoms with E-state index in [2.05, 4.69) is 6.07 Å². The fourth-order valence-corrected chi connectivity index (χ4v) is 3.05. The summed E-state index contributed by atoms with van der Waals surface area (Å²) in [7, 11) is 0. The van der Waals surface area contributed by atoms with Gasteiger partial charge < -0.3 is 9.84 Å². The van der Waals surface area contributed by atoms with Crippen molar-refractivity contribution in [1.82, 2.24) is 0 Å². The van der Waals surface area contributed by atoms with Crippen LogP contribution >= 0.6 is 0 Å². The minimum atomic E-state index is -0.921. The Balaban J connectivity index is 2.10. The highest BCUT2D eigenvalue weighted by Crippen LogP contribution is 2.45. The average molecular weight is 311 g/mol. The van der Waals surface area contributed by atoms with Crippen LogP contribution in [0.1, 0.15) is 35.1 Å². The molecule has 1 heterocycles. The molecule has 0 amide bonds. The van der Waals surface area contributed by atoms with E-state index in [0.717, 1.165) is 11.1 Å². The molecule has 0 radical (unpaired) electrons. The van der Waals surface area contributed by atoms with Crippen LogP contribution in [0.2, 0.25) is 0 Å². The Bertz CT molecular complexity index is 795. The molecular weight excluding hydrogens is 297 g/mol. The van der Waals surface area contributed by atoms with E-state index in [1.54, 1.807) is 30.3 Å². The van der Waals surface area contributed by atoms with Gasteiger partial charge in [0.25, 0.3) is 0 Å². The van der Waals surface area contributed by atoms with Crippen molar-refractivity contribution in [2.75, 3.05) is 0 Å². The predicted molar refractivity (Wildman–Crippen MR) is 80.0 cm³/mol. The largest absolute Gasteiger partial charge is 0.481 e. The number of rotatable bonds is 4. The number of hydrogen-bond donors (Lipinski definition) is 1. The highest BCUT2D eigenvalue weighted by atomic mass is 19.1. The Hall–Kier alpha value is -2.71. The number of hydrogen-bond acceptors (Lipinski definition) is 3. The summed E-state index contributed by atoms with van der Waals surface area (Å²) in [6.07, 6.45) is 0.170. The first-order chi connectivity index (χ1) is 11.0. The zero-order valence-electron chi connectivity index (χ0n) is 12.3. The van der Waals surface area contributed by atoms with E-state index < -0.39 is 11.6 Å². The second kappa shape index (κ2) is 5.82. The van der Waals surface area contributed by atoms with Crippen LogP contribution in [-0.2, 0) is 21.7 Å². The number of ether oxygens (including phenoxy) is 1. The zero-order valence-corrected chi connectivity index (χ0v) is 12.3. The van der Waals surface area contributed by atoms with Gasteiger partial charge in [0.05, 0.1) is 18.2 Å². The first kappa shape index (κ1) is 15.2. The topological polar surface area (TPSA) is 70.3 Å². The maximum atomic E-state index is 13.2. The third-order valence-corrected chi connectivity index (χ3v) is 4.14. The molecule has 0 spiro atoms. The van der Waals surface area contributed by atoms with Gasteiger partial charge in [0, 0.05) is 6.42 Å². The molecule has 0 fully saturated rings. The van der Waals surface area contributed by atoms with Gasteiger partial charge in [0.15, 0.2) is 0 Å². The Kier molecular flexibility index (Phi) is 3.85. The average Bonchev–Trinajstić information content (AvgIpc) is 2.92. The Morgan fingerprint density at radius 3 is 2.70 bits per heavy atom. The molecule has 2 aromatic rings. The van der Waals surface area contributed by atoms with Crippen molar-refractivity contribution in [1.29, 1.82) is 5.26 Å². The molecule has 4 nitrogen and oxygen atoms in total. The number of carboxylic acid groups (broad SMARTS) is 1. The standard InChI is InChI=1S/C18H14FNO3/c19-15-4-2-14(3-5-15)18(8-7-17(21)22)16-6-1-12(10-20)9-13(16)11-23-18/h1-6,9H,7-8,11H2,(H,21,22). The number of halogens is 1. The predicted octanol–water partition coefficient (Wildman–Crippen LogP) is 3.34. The number of carboxylic acids is 1. The van der Waals surface area contributed by atoms with Gasteiger partial charge in [0.1, 0.15) is 11.4 Å². The van der Waals surface area contributed by atoms with Gasteiger partial charge >= 0.3 is 5.97 Å². The molecule has 1 unspecified atom stereocenters. The molecule has 2 aromatic carbocycles. The van der Waals surface area contributed by atoms with Gasteiger partial charge in [-0.3, -0.25) is 4.79 Å². The Morgan fingerprint density at radius 1 is 1.30 bits per heavy atom. The summed E-state index contributed by atoms with van der Waals surface area (Å²) >= 11 is 0. The molecule has 1 aliphatic rings.